The van der Waals surface area contributed by atoms with Gasteiger partial charge in [0.15, 0.2) is 5.65 Å². The molecule has 0 saturated heterocycles. The molecule has 1 aliphatic rings. The van der Waals surface area contributed by atoms with E-state index in [4.69, 9.17) is 9.84 Å². The van der Waals surface area contributed by atoms with E-state index in [0.29, 0.717) is 28.7 Å². The summed E-state index contributed by atoms with van der Waals surface area (Å²) in [6, 6.07) is 0. The molecular formula is C23H28N6O4S. The van der Waals surface area contributed by atoms with Crippen molar-refractivity contribution in [1.29, 1.82) is 0 Å². The number of nitrogens with zero attached hydrogens (tertiary/aromatic N) is 6. The SMILES string of the molecule is COc1c(C)cnc(Cn2nc3c4c(nc(N(C(=O)O)C(C)(C)C)nc42)SCC(CO)=C3)c1C. The minimum atomic E-state index is -1.14. The zero-order valence-electron chi connectivity index (χ0n) is 20.1. The van der Waals surface area contributed by atoms with E-state index < -0.39 is 11.6 Å². The number of amides is 1. The number of rotatable bonds is 5. The molecule has 2 N–H and O–H groups in total. The molecule has 4 rings (SSSR count). The summed E-state index contributed by atoms with van der Waals surface area (Å²) in [6.07, 6.45) is 2.47. The lowest BCUT2D eigenvalue weighted by atomic mass is 10.1. The molecule has 0 spiro atoms. The summed E-state index contributed by atoms with van der Waals surface area (Å²) in [5, 5.41) is 25.8. The van der Waals surface area contributed by atoms with Gasteiger partial charge in [0.1, 0.15) is 10.8 Å². The monoisotopic (exact) mass is 484 g/mol. The van der Waals surface area contributed by atoms with Crippen molar-refractivity contribution in [3.63, 3.8) is 0 Å². The van der Waals surface area contributed by atoms with E-state index in [0.717, 1.165) is 38.4 Å². The molecule has 34 heavy (non-hydrogen) atoms. The van der Waals surface area contributed by atoms with E-state index in [2.05, 4.69) is 15.0 Å². The molecule has 0 aliphatic carbocycles. The first-order valence-corrected chi connectivity index (χ1v) is 11.8. The Morgan fingerprint density at radius 1 is 1.29 bits per heavy atom. The predicted molar refractivity (Wildman–Crippen MR) is 131 cm³/mol. The zero-order chi connectivity index (χ0) is 24.8. The average molecular weight is 485 g/mol. The van der Waals surface area contributed by atoms with Crippen LogP contribution in [-0.4, -0.2) is 66.0 Å². The Bertz CT molecular complexity index is 1310. The lowest BCUT2D eigenvalue weighted by molar-refractivity contribution is 0.195. The fourth-order valence-electron chi connectivity index (χ4n) is 4.00. The Kier molecular flexibility index (Phi) is 6.26. The number of hydrogen-bond acceptors (Lipinski definition) is 8. The molecule has 0 fully saturated rings. The van der Waals surface area contributed by atoms with Gasteiger partial charge in [-0.2, -0.15) is 10.1 Å². The number of thioether (sulfide) groups is 1. The van der Waals surface area contributed by atoms with Crippen LogP contribution in [0.3, 0.4) is 0 Å². The second-order valence-corrected chi connectivity index (χ2v) is 10.1. The van der Waals surface area contributed by atoms with Gasteiger partial charge in [0, 0.05) is 28.6 Å². The largest absolute Gasteiger partial charge is 0.496 e. The number of ether oxygens (including phenoxy) is 1. The van der Waals surface area contributed by atoms with Gasteiger partial charge in [-0.05, 0) is 46.3 Å². The van der Waals surface area contributed by atoms with E-state index in [9.17, 15) is 15.0 Å². The highest BCUT2D eigenvalue weighted by Crippen LogP contribution is 2.36. The lowest BCUT2D eigenvalue weighted by Gasteiger charge is -2.31. The first-order valence-electron chi connectivity index (χ1n) is 10.8. The van der Waals surface area contributed by atoms with Crippen LogP contribution in [0.5, 0.6) is 5.75 Å². The molecule has 0 radical (unpaired) electrons. The van der Waals surface area contributed by atoms with Gasteiger partial charge in [0.2, 0.25) is 5.95 Å². The molecule has 4 heterocycles. The van der Waals surface area contributed by atoms with Crippen LogP contribution in [-0.2, 0) is 6.54 Å². The average Bonchev–Trinajstić information content (AvgIpc) is 2.98. The number of aryl methyl sites for hydroxylation is 1. The van der Waals surface area contributed by atoms with Crippen molar-refractivity contribution >= 4 is 40.9 Å². The van der Waals surface area contributed by atoms with Crippen molar-refractivity contribution in [1.82, 2.24) is 24.7 Å². The van der Waals surface area contributed by atoms with E-state index in [1.807, 2.05) is 19.9 Å². The first-order chi connectivity index (χ1) is 16.0. The summed E-state index contributed by atoms with van der Waals surface area (Å²) >= 11 is 1.43. The van der Waals surface area contributed by atoms with Crippen LogP contribution in [0.2, 0.25) is 0 Å². The third-order valence-electron chi connectivity index (χ3n) is 5.62. The van der Waals surface area contributed by atoms with Crippen LogP contribution < -0.4 is 9.64 Å². The van der Waals surface area contributed by atoms with Crippen LogP contribution in [0, 0.1) is 13.8 Å². The molecule has 0 bridgehead atoms. The van der Waals surface area contributed by atoms with Gasteiger partial charge in [0.25, 0.3) is 0 Å². The molecule has 1 aliphatic heterocycles. The van der Waals surface area contributed by atoms with Gasteiger partial charge in [-0.15, -0.1) is 11.8 Å². The summed E-state index contributed by atoms with van der Waals surface area (Å²) in [6.45, 7) is 9.46. The second-order valence-electron chi connectivity index (χ2n) is 9.15. The maximum atomic E-state index is 12.1. The Morgan fingerprint density at radius 2 is 2.03 bits per heavy atom. The summed E-state index contributed by atoms with van der Waals surface area (Å²) in [5.41, 5.74) is 3.79. The van der Waals surface area contributed by atoms with Crippen molar-refractivity contribution in [2.24, 2.45) is 0 Å². The van der Waals surface area contributed by atoms with Crippen LogP contribution in [0.15, 0.2) is 16.8 Å². The number of aliphatic hydroxyl groups excluding tert-OH is 1. The lowest BCUT2D eigenvalue weighted by Crippen LogP contribution is -2.46. The Morgan fingerprint density at radius 3 is 2.65 bits per heavy atom. The van der Waals surface area contributed by atoms with Crippen molar-refractivity contribution in [2.75, 3.05) is 24.4 Å². The second kappa shape index (κ2) is 8.88. The minimum absolute atomic E-state index is 0.0846. The fraction of sp³-hybridized carbons (Fsp3) is 0.435. The molecule has 0 aromatic carbocycles. The first kappa shape index (κ1) is 24.0. The normalized spacial score (nSPS) is 13.6. The summed E-state index contributed by atoms with van der Waals surface area (Å²) < 4.78 is 7.26. The third kappa shape index (κ3) is 4.21. The zero-order valence-corrected chi connectivity index (χ0v) is 20.9. The molecule has 0 atom stereocenters. The molecular weight excluding hydrogens is 456 g/mol. The molecule has 3 aromatic heterocycles. The van der Waals surface area contributed by atoms with E-state index in [1.165, 1.54) is 11.8 Å². The molecule has 3 aromatic rings. The quantitative estimate of drug-likeness (QED) is 0.522. The number of carbonyl (C=O) groups is 1. The van der Waals surface area contributed by atoms with Gasteiger partial charge in [-0.3, -0.25) is 4.98 Å². The minimum Gasteiger partial charge on any atom is -0.496 e. The Hall–Kier alpha value is -3.18. The maximum absolute atomic E-state index is 12.1. The maximum Gasteiger partial charge on any atom is 0.414 e. The Balaban J connectivity index is 1.94. The smallest absolute Gasteiger partial charge is 0.414 e. The van der Waals surface area contributed by atoms with Gasteiger partial charge in [0.05, 0.1) is 37.0 Å². The van der Waals surface area contributed by atoms with E-state index >= 15 is 0 Å². The molecule has 0 unspecified atom stereocenters. The highest BCUT2D eigenvalue weighted by molar-refractivity contribution is 7.99. The summed E-state index contributed by atoms with van der Waals surface area (Å²) in [5.74, 6) is 1.37. The number of carboxylic acid groups (broad SMARTS) is 1. The molecule has 10 nitrogen and oxygen atoms in total. The van der Waals surface area contributed by atoms with Crippen molar-refractivity contribution < 1.29 is 19.7 Å². The van der Waals surface area contributed by atoms with Gasteiger partial charge in [-0.1, -0.05) is 0 Å². The number of aliphatic hydroxyl groups is 1. The third-order valence-corrected chi connectivity index (χ3v) is 6.71. The molecule has 11 heteroatoms. The van der Waals surface area contributed by atoms with Crippen molar-refractivity contribution in [3.8, 4) is 5.75 Å². The molecule has 0 saturated carbocycles. The van der Waals surface area contributed by atoms with Gasteiger partial charge in [-0.25, -0.2) is 19.4 Å². The summed E-state index contributed by atoms with van der Waals surface area (Å²) in [7, 11) is 1.63. The number of pyridine rings is 1. The highest BCUT2D eigenvalue weighted by Gasteiger charge is 2.32. The molecule has 1 amide bonds. The van der Waals surface area contributed by atoms with Crippen molar-refractivity contribution in [3.05, 3.63) is 34.3 Å². The van der Waals surface area contributed by atoms with Crippen LogP contribution >= 0.6 is 11.8 Å². The van der Waals surface area contributed by atoms with Crippen LogP contribution in [0.25, 0.3) is 17.1 Å². The summed E-state index contributed by atoms with van der Waals surface area (Å²) in [4.78, 5) is 27.2. The van der Waals surface area contributed by atoms with E-state index in [-0.39, 0.29) is 12.6 Å². The molecule has 180 valence electrons. The number of aromatic nitrogens is 5. The topological polar surface area (TPSA) is 126 Å². The van der Waals surface area contributed by atoms with Gasteiger partial charge < -0.3 is 14.9 Å². The van der Waals surface area contributed by atoms with Crippen LogP contribution in [0.4, 0.5) is 10.7 Å². The Labute approximate surface area is 201 Å². The number of methoxy groups -OCH3 is 1. The predicted octanol–water partition coefficient (Wildman–Crippen LogP) is 3.66. The van der Waals surface area contributed by atoms with E-state index in [1.54, 1.807) is 38.8 Å². The highest BCUT2D eigenvalue weighted by atomic mass is 32.2. The van der Waals surface area contributed by atoms with Crippen molar-refractivity contribution in [2.45, 2.75) is 51.7 Å². The standard InChI is InChI=1S/C23H28N6O4S/c1-12-8-24-16(13(2)18(12)33-6)9-28-19-17-15(27-28)7-14(10-30)11-34-20(17)26-21(25-19)29(22(31)32)23(3,4)5/h7-8,30H,9-11H2,1-6H3,(H,31,32). The number of anilines is 1. The van der Waals surface area contributed by atoms with Gasteiger partial charge >= 0.3 is 6.09 Å². The van der Waals surface area contributed by atoms with Crippen LogP contribution in [0.1, 0.15) is 43.3 Å². The fourth-order valence-corrected chi connectivity index (χ4v) is 4.99. The number of hydrogen-bond donors (Lipinski definition) is 2.